The predicted molar refractivity (Wildman–Crippen MR) is 75.7 cm³/mol. The van der Waals surface area contributed by atoms with Gasteiger partial charge in [-0.3, -0.25) is 0 Å². The van der Waals surface area contributed by atoms with Gasteiger partial charge in [-0.25, -0.2) is 4.98 Å². The molecule has 0 radical (unpaired) electrons. The molecular weight excluding hydrogens is 310 g/mol. The van der Waals surface area contributed by atoms with Crippen LogP contribution in [0.1, 0.15) is 11.3 Å². The summed E-state index contributed by atoms with van der Waals surface area (Å²) in [5, 5.41) is 9.10. The first kappa shape index (κ1) is 13.8. The summed E-state index contributed by atoms with van der Waals surface area (Å²) in [7, 11) is 1.61. The molecule has 0 aliphatic carbocycles. The predicted octanol–water partition coefficient (Wildman–Crippen LogP) is 3.45. The van der Waals surface area contributed by atoms with Crippen LogP contribution in [0.5, 0.6) is 17.4 Å². The summed E-state index contributed by atoms with van der Waals surface area (Å²) in [5.74, 6) is 1.89. The highest BCUT2D eigenvalue weighted by molar-refractivity contribution is 9.10. The average molecular weight is 324 g/mol. The average Bonchev–Trinajstić information content (AvgIpc) is 2.41. The van der Waals surface area contributed by atoms with Gasteiger partial charge < -0.3 is 14.6 Å². The Labute approximate surface area is 120 Å². The van der Waals surface area contributed by atoms with Crippen molar-refractivity contribution in [2.24, 2.45) is 0 Å². The van der Waals surface area contributed by atoms with E-state index in [1.54, 1.807) is 25.3 Å². The quantitative estimate of drug-likeness (QED) is 0.936. The van der Waals surface area contributed by atoms with E-state index in [1.165, 1.54) is 0 Å². The van der Waals surface area contributed by atoms with E-state index in [4.69, 9.17) is 14.6 Å². The molecule has 1 aromatic heterocycles. The van der Waals surface area contributed by atoms with Crippen molar-refractivity contribution in [2.45, 2.75) is 13.5 Å². The van der Waals surface area contributed by atoms with Gasteiger partial charge in [0.15, 0.2) is 0 Å². The minimum Gasteiger partial charge on any atom is -0.497 e. The standard InChI is InChI=1S/C14H14BrNO3/c1-9-10(8-17)3-6-14(16-9)19-13-5-4-11(18-2)7-12(13)15/h3-7,17H,8H2,1-2H3. The zero-order valence-corrected chi connectivity index (χ0v) is 12.3. The number of pyridine rings is 1. The van der Waals surface area contributed by atoms with E-state index in [9.17, 15) is 0 Å². The lowest BCUT2D eigenvalue weighted by Gasteiger charge is -2.10. The molecule has 0 bridgehead atoms. The van der Waals surface area contributed by atoms with Gasteiger partial charge in [0.1, 0.15) is 11.5 Å². The number of rotatable bonds is 4. The van der Waals surface area contributed by atoms with Crippen LogP contribution in [-0.4, -0.2) is 17.2 Å². The monoisotopic (exact) mass is 323 g/mol. The molecule has 19 heavy (non-hydrogen) atoms. The molecule has 0 aliphatic rings. The zero-order chi connectivity index (χ0) is 13.8. The molecule has 0 spiro atoms. The van der Waals surface area contributed by atoms with Gasteiger partial charge in [-0.2, -0.15) is 0 Å². The van der Waals surface area contributed by atoms with E-state index in [0.717, 1.165) is 21.5 Å². The molecule has 0 unspecified atom stereocenters. The topological polar surface area (TPSA) is 51.6 Å². The van der Waals surface area contributed by atoms with E-state index in [0.29, 0.717) is 11.6 Å². The van der Waals surface area contributed by atoms with Gasteiger partial charge in [-0.05, 0) is 52.7 Å². The smallest absolute Gasteiger partial charge is 0.219 e. The third-order valence-electron chi connectivity index (χ3n) is 2.69. The number of aliphatic hydroxyl groups is 1. The van der Waals surface area contributed by atoms with Crippen molar-refractivity contribution in [1.29, 1.82) is 0 Å². The molecule has 0 aliphatic heterocycles. The summed E-state index contributed by atoms with van der Waals surface area (Å²) in [6, 6.07) is 8.98. The third-order valence-corrected chi connectivity index (χ3v) is 3.31. The number of ether oxygens (including phenoxy) is 2. The molecule has 4 nitrogen and oxygen atoms in total. The van der Waals surface area contributed by atoms with Crippen LogP contribution in [0.3, 0.4) is 0 Å². The Kier molecular flexibility index (Phi) is 4.39. The van der Waals surface area contributed by atoms with Gasteiger partial charge in [0.05, 0.1) is 18.2 Å². The van der Waals surface area contributed by atoms with E-state index in [-0.39, 0.29) is 6.61 Å². The molecule has 1 aromatic carbocycles. The highest BCUT2D eigenvalue weighted by atomic mass is 79.9. The number of aromatic nitrogens is 1. The van der Waals surface area contributed by atoms with Gasteiger partial charge in [-0.1, -0.05) is 0 Å². The third kappa shape index (κ3) is 3.24. The molecular formula is C14H14BrNO3. The molecule has 100 valence electrons. The van der Waals surface area contributed by atoms with E-state index >= 15 is 0 Å². The van der Waals surface area contributed by atoms with Crippen LogP contribution < -0.4 is 9.47 Å². The maximum Gasteiger partial charge on any atom is 0.219 e. The van der Waals surface area contributed by atoms with Gasteiger partial charge in [0, 0.05) is 11.8 Å². The molecule has 5 heteroatoms. The fourth-order valence-electron chi connectivity index (χ4n) is 1.59. The first-order chi connectivity index (χ1) is 9.13. The number of aryl methyl sites for hydroxylation is 1. The van der Waals surface area contributed by atoms with Crippen LogP contribution in [0, 0.1) is 6.92 Å². The number of benzene rings is 1. The zero-order valence-electron chi connectivity index (χ0n) is 10.7. The Morgan fingerprint density at radius 2 is 2.05 bits per heavy atom. The van der Waals surface area contributed by atoms with Gasteiger partial charge in [0.25, 0.3) is 0 Å². The highest BCUT2D eigenvalue weighted by Crippen LogP contribution is 2.32. The maximum absolute atomic E-state index is 9.10. The molecule has 2 aromatic rings. The lowest BCUT2D eigenvalue weighted by atomic mass is 10.2. The lowest BCUT2D eigenvalue weighted by Crippen LogP contribution is -1.95. The van der Waals surface area contributed by atoms with Crippen LogP contribution in [0.2, 0.25) is 0 Å². The van der Waals surface area contributed by atoms with Gasteiger partial charge >= 0.3 is 0 Å². The van der Waals surface area contributed by atoms with E-state index in [1.807, 2.05) is 19.1 Å². The maximum atomic E-state index is 9.10. The summed E-state index contributed by atoms with van der Waals surface area (Å²) in [6.07, 6.45) is 0. The summed E-state index contributed by atoms with van der Waals surface area (Å²) in [4.78, 5) is 4.29. The van der Waals surface area contributed by atoms with Gasteiger partial charge in [0.2, 0.25) is 5.88 Å². The van der Waals surface area contributed by atoms with Crippen molar-refractivity contribution in [1.82, 2.24) is 4.98 Å². The van der Waals surface area contributed by atoms with Crippen LogP contribution in [0.15, 0.2) is 34.8 Å². The van der Waals surface area contributed by atoms with Crippen LogP contribution in [0.25, 0.3) is 0 Å². The Hall–Kier alpha value is -1.59. The summed E-state index contributed by atoms with van der Waals surface area (Å²) >= 11 is 3.42. The molecule has 0 fully saturated rings. The van der Waals surface area contributed by atoms with Crippen molar-refractivity contribution in [2.75, 3.05) is 7.11 Å². The second-order valence-electron chi connectivity index (χ2n) is 3.95. The van der Waals surface area contributed by atoms with E-state index in [2.05, 4.69) is 20.9 Å². The molecule has 0 amide bonds. The Balaban J connectivity index is 2.23. The summed E-state index contributed by atoms with van der Waals surface area (Å²) < 4.78 is 11.6. The SMILES string of the molecule is COc1ccc(Oc2ccc(CO)c(C)n2)c(Br)c1. The van der Waals surface area contributed by atoms with Crippen LogP contribution in [-0.2, 0) is 6.61 Å². The number of hydrogen-bond acceptors (Lipinski definition) is 4. The number of aliphatic hydroxyl groups excluding tert-OH is 1. The fourth-order valence-corrected chi connectivity index (χ4v) is 2.03. The molecule has 0 atom stereocenters. The molecule has 0 saturated heterocycles. The second-order valence-corrected chi connectivity index (χ2v) is 4.80. The largest absolute Gasteiger partial charge is 0.497 e. The minimum absolute atomic E-state index is 0.0225. The molecule has 0 saturated carbocycles. The van der Waals surface area contributed by atoms with Gasteiger partial charge in [-0.15, -0.1) is 0 Å². The number of hydrogen-bond donors (Lipinski definition) is 1. The van der Waals surface area contributed by atoms with Crippen molar-refractivity contribution < 1.29 is 14.6 Å². The number of methoxy groups -OCH3 is 1. The highest BCUT2D eigenvalue weighted by Gasteiger charge is 2.07. The Bertz CT molecular complexity index is 587. The lowest BCUT2D eigenvalue weighted by molar-refractivity contribution is 0.280. The normalized spacial score (nSPS) is 10.3. The van der Waals surface area contributed by atoms with Crippen molar-refractivity contribution in [3.8, 4) is 17.4 Å². The Morgan fingerprint density at radius 3 is 2.63 bits per heavy atom. The first-order valence-electron chi connectivity index (χ1n) is 5.73. The van der Waals surface area contributed by atoms with Crippen molar-refractivity contribution in [3.05, 3.63) is 46.1 Å². The summed E-state index contributed by atoms with van der Waals surface area (Å²) in [5.41, 5.74) is 1.55. The summed E-state index contributed by atoms with van der Waals surface area (Å²) in [6.45, 7) is 1.81. The fraction of sp³-hybridized carbons (Fsp3) is 0.214. The number of halogens is 1. The van der Waals surface area contributed by atoms with Crippen LogP contribution in [0.4, 0.5) is 0 Å². The van der Waals surface area contributed by atoms with Crippen LogP contribution >= 0.6 is 15.9 Å². The Morgan fingerprint density at radius 1 is 1.26 bits per heavy atom. The molecule has 2 rings (SSSR count). The molecule has 1 N–H and O–H groups in total. The first-order valence-corrected chi connectivity index (χ1v) is 6.52. The number of nitrogens with zero attached hydrogens (tertiary/aromatic N) is 1. The van der Waals surface area contributed by atoms with Crippen molar-refractivity contribution >= 4 is 15.9 Å². The van der Waals surface area contributed by atoms with Crippen molar-refractivity contribution in [3.63, 3.8) is 0 Å². The second kappa shape index (κ2) is 6.04. The van der Waals surface area contributed by atoms with E-state index < -0.39 is 0 Å². The molecule has 1 heterocycles. The minimum atomic E-state index is -0.0225.